The van der Waals surface area contributed by atoms with Gasteiger partial charge in [-0.15, -0.1) is 0 Å². The normalized spacial score (nSPS) is 24.8. The fourth-order valence-electron chi connectivity index (χ4n) is 2.55. The summed E-state index contributed by atoms with van der Waals surface area (Å²) in [5.74, 6) is 0.444. The number of nitrogens with one attached hydrogen (secondary N) is 1. The first-order valence-corrected chi connectivity index (χ1v) is 6.48. The summed E-state index contributed by atoms with van der Waals surface area (Å²) in [6.07, 6.45) is 2.21. The van der Waals surface area contributed by atoms with Gasteiger partial charge in [-0.2, -0.15) is 0 Å². The van der Waals surface area contributed by atoms with Crippen LogP contribution < -0.4 is 5.32 Å². The van der Waals surface area contributed by atoms with E-state index in [1.807, 2.05) is 0 Å². The Labute approximate surface area is 108 Å². The van der Waals surface area contributed by atoms with Crippen molar-refractivity contribution in [3.8, 4) is 0 Å². The van der Waals surface area contributed by atoms with E-state index in [1.165, 1.54) is 7.11 Å². The molecular formula is C12H24N2O4. The largest absolute Gasteiger partial charge is 0.453 e. The molecule has 2 atom stereocenters. The Morgan fingerprint density at radius 3 is 2.78 bits per heavy atom. The Kier molecular flexibility index (Phi) is 7.00. The summed E-state index contributed by atoms with van der Waals surface area (Å²) in [6, 6.07) is 0.0569. The molecular weight excluding hydrogens is 236 g/mol. The number of alkyl carbamates (subject to hydrolysis) is 1. The smallest absolute Gasteiger partial charge is 0.407 e. The first-order chi connectivity index (χ1) is 8.69. The van der Waals surface area contributed by atoms with Gasteiger partial charge in [-0.25, -0.2) is 4.79 Å². The lowest BCUT2D eigenvalue weighted by Crippen LogP contribution is -2.51. The van der Waals surface area contributed by atoms with Crippen LogP contribution in [0.25, 0.3) is 0 Å². The van der Waals surface area contributed by atoms with Gasteiger partial charge >= 0.3 is 6.09 Å². The maximum Gasteiger partial charge on any atom is 0.407 e. The molecule has 1 aliphatic heterocycles. The molecule has 18 heavy (non-hydrogen) atoms. The van der Waals surface area contributed by atoms with Gasteiger partial charge in [0.2, 0.25) is 0 Å². The Balaban J connectivity index is 2.47. The van der Waals surface area contributed by atoms with Gasteiger partial charge in [0.1, 0.15) is 0 Å². The van der Waals surface area contributed by atoms with Crippen molar-refractivity contribution in [1.82, 2.24) is 10.2 Å². The maximum atomic E-state index is 11.2. The SMILES string of the molecule is COC(=O)NC1CC(CCCO)CN(CCO)C1. The molecule has 106 valence electrons. The Morgan fingerprint density at radius 2 is 2.17 bits per heavy atom. The number of ether oxygens (including phenoxy) is 1. The second-order valence-electron chi connectivity index (χ2n) is 4.78. The lowest BCUT2D eigenvalue weighted by Gasteiger charge is -2.37. The van der Waals surface area contributed by atoms with E-state index in [0.717, 1.165) is 32.4 Å². The molecule has 0 saturated carbocycles. The molecule has 6 heteroatoms. The zero-order valence-electron chi connectivity index (χ0n) is 11.0. The molecule has 1 amide bonds. The number of likely N-dealkylation sites (tertiary alicyclic amines) is 1. The third-order valence-corrected chi connectivity index (χ3v) is 3.31. The number of carbonyl (C=O) groups is 1. The summed E-state index contributed by atoms with van der Waals surface area (Å²) in [5, 5.41) is 20.7. The maximum absolute atomic E-state index is 11.2. The molecule has 3 N–H and O–H groups in total. The van der Waals surface area contributed by atoms with Gasteiger partial charge in [-0.05, 0) is 25.2 Å². The van der Waals surface area contributed by atoms with E-state index < -0.39 is 6.09 Å². The monoisotopic (exact) mass is 260 g/mol. The molecule has 1 fully saturated rings. The van der Waals surface area contributed by atoms with Crippen molar-refractivity contribution in [3.63, 3.8) is 0 Å². The number of methoxy groups -OCH3 is 1. The number of piperidine rings is 1. The fraction of sp³-hybridized carbons (Fsp3) is 0.917. The molecule has 0 spiro atoms. The van der Waals surface area contributed by atoms with Crippen LogP contribution in [0.15, 0.2) is 0 Å². The number of aliphatic hydroxyl groups excluding tert-OH is 2. The summed E-state index contributed by atoms with van der Waals surface area (Å²) in [7, 11) is 1.35. The van der Waals surface area contributed by atoms with Gasteiger partial charge < -0.3 is 20.3 Å². The van der Waals surface area contributed by atoms with Crippen molar-refractivity contribution in [3.05, 3.63) is 0 Å². The van der Waals surface area contributed by atoms with Crippen LogP contribution in [0.4, 0.5) is 4.79 Å². The highest BCUT2D eigenvalue weighted by atomic mass is 16.5. The highest BCUT2D eigenvalue weighted by Crippen LogP contribution is 2.21. The van der Waals surface area contributed by atoms with Crippen LogP contribution >= 0.6 is 0 Å². The molecule has 0 aliphatic carbocycles. The standard InChI is InChI=1S/C12H24N2O4/c1-18-12(17)13-11-7-10(3-2-5-15)8-14(9-11)4-6-16/h10-11,15-16H,2-9H2,1H3,(H,13,17). The van der Waals surface area contributed by atoms with Crippen molar-refractivity contribution in [2.24, 2.45) is 5.92 Å². The summed E-state index contributed by atoms with van der Waals surface area (Å²) < 4.78 is 4.61. The Bertz CT molecular complexity index is 250. The van der Waals surface area contributed by atoms with E-state index in [0.29, 0.717) is 12.5 Å². The van der Waals surface area contributed by atoms with Crippen LogP contribution in [0.2, 0.25) is 0 Å². The van der Waals surface area contributed by atoms with Crippen molar-refractivity contribution < 1.29 is 19.7 Å². The van der Waals surface area contributed by atoms with Crippen LogP contribution in [-0.4, -0.2) is 67.2 Å². The molecule has 6 nitrogen and oxygen atoms in total. The van der Waals surface area contributed by atoms with Crippen LogP contribution in [0.1, 0.15) is 19.3 Å². The van der Waals surface area contributed by atoms with E-state index in [9.17, 15) is 4.79 Å². The third kappa shape index (κ3) is 5.20. The number of amides is 1. The topological polar surface area (TPSA) is 82.0 Å². The van der Waals surface area contributed by atoms with Gasteiger partial charge in [-0.3, -0.25) is 4.90 Å². The van der Waals surface area contributed by atoms with E-state index in [4.69, 9.17) is 10.2 Å². The molecule has 1 aliphatic rings. The van der Waals surface area contributed by atoms with Gasteiger partial charge in [0.15, 0.2) is 0 Å². The van der Waals surface area contributed by atoms with Crippen LogP contribution in [0.5, 0.6) is 0 Å². The molecule has 1 rings (SSSR count). The highest BCUT2D eigenvalue weighted by molar-refractivity contribution is 5.67. The molecule has 0 aromatic heterocycles. The lowest BCUT2D eigenvalue weighted by atomic mass is 9.90. The third-order valence-electron chi connectivity index (χ3n) is 3.31. The average molecular weight is 260 g/mol. The Hall–Kier alpha value is -0.850. The molecule has 1 saturated heterocycles. The Morgan fingerprint density at radius 1 is 1.39 bits per heavy atom. The number of carbonyl (C=O) groups excluding carboxylic acids is 1. The molecule has 0 aromatic carbocycles. The summed E-state index contributed by atoms with van der Waals surface area (Å²) in [6.45, 7) is 2.60. The predicted octanol–water partition coefficient (Wildman–Crippen LogP) is -0.202. The first kappa shape index (κ1) is 15.2. The van der Waals surface area contributed by atoms with E-state index in [1.54, 1.807) is 0 Å². The molecule has 0 radical (unpaired) electrons. The zero-order valence-corrected chi connectivity index (χ0v) is 11.0. The molecule has 1 heterocycles. The lowest BCUT2D eigenvalue weighted by molar-refractivity contribution is 0.102. The van der Waals surface area contributed by atoms with Gasteiger partial charge in [0, 0.05) is 32.3 Å². The number of β-amino-alcohol motifs (C(OH)–C–C–N with tert-alkyl or cyclic N) is 1. The van der Waals surface area contributed by atoms with Crippen LogP contribution in [0.3, 0.4) is 0 Å². The summed E-state index contributed by atoms with van der Waals surface area (Å²) in [4.78, 5) is 13.4. The minimum Gasteiger partial charge on any atom is -0.453 e. The average Bonchev–Trinajstić information content (AvgIpc) is 2.36. The number of hydrogen-bond acceptors (Lipinski definition) is 5. The van der Waals surface area contributed by atoms with E-state index in [-0.39, 0.29) is 19.3 Å². The van der Waals surface area contributed by atoms with Gasteiger partial charge in [0.05, 0.1) is 13.7 Å². The minimum atomic E-state index is -0.410. The quantitative estimate of drug-likeness (QED) is 0.616. The van der Waals surface area contributed by atoms with Crippen LogP contribution in [0, 0.1) is 5.92 Å². The fourth-order valence-corrected chi connectivity index (χ4v) is 2.55. The second kappa shape index (κ2) is 8.29. The number of rotatable bonds is 6. The molecule has 0 aromatic rings. The molecule has 0 bridgehead atoms. The number of hydrogen-bond donors (Lipinski definition) is 3. The van der Waals surface area contributed by atoms with Crippen molar-refractivity contribution in [1.29, 1.82) is 0 Å². The van der Waals surface area contributed by atoms with E-state index in [2.05, 4.69) is 15.0 Å². The number of nitrogens with zero attached hydrogens (tertiary/aromatic N) is 1. The van der Waals surface area contributed by atoms with Crippen LogP contribution in [-0.2, 0) is 4.74 Å². The first-order valence-electron chi connectivity index (χ1n) is 6.48. The van der Waals surface area contributed by atoms with Crippen molar-refractivity contribution in [2.45, 2.75) is 25.3 Å². The summed E-state index contributed by atoms with van der Waals surface area (Å²) in [5.41, 5.74) is 0. The van der Waals surface area contributed by atoms with Crippen molar-refractivity contribution >= 4 is 6.09 Å². The summed E-state index contributed by atoms with van der Waals surface area (Å²) >= 11 is 0. The van der Waals surface area contributed by atoms with E-state index >= 15 is 0 Å². The second-order valence-corrected chi connectivity index (χ2v) is 4.78. The van der Waals surface area contributed by atoms with Gasteiger partial charge in [-0.1, -0.05) is 0 Å². The highest BCUT2D eigenvalue weighted by Gasteiger charge is 2.27. The number of aliphatic hydroxyl groups is 2. The predicted molar refractivity (Wildman–Crippen MR) is 67.3 cm³/mol. The zero-order chi connectivity index (χ0) is 13.4. The van der Waals surface area contributed by atoms with Crippen molar-refractivity contribution in [2.75, 3.05) is 40.0 Å². The minimum absolute atomic E-state index is 0.0569. The molecule has 2 unspecified atom stereocenters. The van der Waals surface area contributed by atoms with Gasteiger partial charge in [0.25, 0.3) is 0 Å².